The number of H-pyrrole nitrogens is 1. The first-order chi connectivity index (χ1) is 9.33. The second-order valence-electron chi connectivity index (χ2n) is 3.90. The zero-order chi connectivity index (χ0) is 13.1. The van der Waals surface area contributed by atoms with Gasteiger partial charge >= 0.3 is 0 Å². The minimum absolute atomic E-state index is 0.253. The van der Waals surface area contributed by atoms with Crippen LogP contribution in [0.5, 0.6) is 0 Å². The molecule has 3 rings (SSSR count). The number of hydrogen-bond acceptors (Lipinski definition) is 3. The van der Waals surface area contributed by atoms with Crippen molar-refractivity contribution >= 4 is 11.9 Å². The molecule has 0 unspecified atom stereocenters. The Morgan fingerprint density at radius 2 is 2.11 bits per heavy atom. The Balaban J connectivity index is 1.80. The molecule has 19 heavy (non-hydrogen) atoms. The van der Waals surface area contributed by atoms with Gasteiger partial charge in [-0.3, -0.25) is 10.1 Å². The number of imidazole rings is 1. The smallest absolute Gasteiger partial charge is 0.261 e. The Morgan fingerprint density at radius 3 is 2.84 bits per heavy atom. The third-order valence-corrected chi connectivity index (χ3v) is 2.60. The summed E-state index contributed by atoms with van der Waals surface area (Å²) >= 11 is 0. The van der Waals surface area contributed by atoms with Crippen molar-refractivity contribution < 1.29 is 4.79 Å². The number of carbonyl (C=O) groups excluding carboxylic acids is 1. The van der Waals surface area contributed by atoms with Gasteiger partial charge in [0.25, 0.3) is 5.91 Å². The highest BCUT2D eigenvalue weighted by atomic mass is 16.1. The van der Waals surface area contributed by atoms with Gasteiger partial charge in [-0.25, -0.2) is 9.67 Å². The molecular formula is C13H11N5O. The Bertz CT molecular complexity index is 672. The number of rotatable bonds is 3. The van der Waals surface area contributed by atoms with Crippen molar-refractivity contribution in [3.8, 4) is 5.69 Å². The first kappa shape index (κ1) is 11.2. The van der Waals surface area contributed by atoms with Crippen molar-refractivity contribution in [3.05, 3.63) is 60.7 Å². The largest absolute Gasteiger partial charge is 0.331 e. The van der Waals surface area contributed by atoms with E-state index < -0.39 is 0 Å². The molecule has 0 spiro atoms. The number of carbonyl (C=O) groups is 1. The van der Waals surface area contributed by atoms with Crippen LogP contribution >= 0.6 is 0 Å². The van der Waals surface area contributed by atoms with E-state index in [1.807, 2.05) is 30.3 Å². The summed E-state index contributed by atoms with van der Waals surface area (Å²) in [5.41, 5.74) is 1.37. The first-order valence-corrected chi connectivity index (χ1v) is 5.74. The van der Waals surface area contributed by atoms with E-state index in [9.17, 15) is 4.79 Å². The molecule has 0 radical (unpaired) electrons. The fourth-order valence-corrected chi connectivity index (χ4v) is 1.68. The molecule has 2 N–H and O–H groups in total. The quantitative estimate of drug-likeness (QED) is 0.748. The number of benzene rings is 1. The Kier molecular flexibility index (Phi) is 2.82. The molecule has 1 aromatic carbocycles. The number of anilines is 1. The lowest BCUT2D eigenvalue weighted by Gasteiger charge is -1.99. The third kappa shape index (κ3) is 2.37. The molecule has 0 atom stereocenters. The lowest BCUT2D eigenvalue weighted by molar-refractivity contribution is 0.102. The second-order valence-corrected chi connectivity index (χ2v) is 3.90. The molecule has 0 aliphatic carbocycles. The van der Waals surface area contributed by atoms with E-state index in [4.69, 9.17) is 0 Å². The van der Waals surface area contributed by atoms with Gasteiger partial charge in [-0.2, -0.15) is 5.10 Å². The van der Waals surface area contributed by atoms with E-state index in [0.717, 1.165) is 5.69 Å². The Morgan fingerprint density at radius 1 is 1.26 bits per heavy atom. The molecule has 0 aliphatic rings. The van der Waals surface area contributed by atoms with Gasteiger partial charge in [-0.1, -0.05) is 18.2 Å². The van der Waals surface area contributed by atoms with Crippen LogP contribution in [0.4, 0.5) is 5.95 Å². The predicted octanol–water partition coefficient (Wildman–Crippen LogP) is 1.85. The number of aromatic amines is 1. The van der Waals surface area contributed by atoms with E-state index in [1.54, 1.807) is 23.3 Å². The number of nitrogens with one attached hydrogen (secondary N) is 2. The molecule has 0 aliphatic heterocycles. The van der Waals surface area contributed by atoms with Crippen molar-refractivity contribution in [1.82, 2.24) is 19.7 Å². The number of nitrogens with zero attached hydrogens (tertiary/aromatic N) is 3. The molecule has 2 heterocycles. The summed E-state index contributed by atoms with van der Waals surface area (Å²) in [4.78, 5) is 18.7. The van der Waals surface area contributed by atoms with Gasteiger partial charge < -0.3 is 4.98 Å². The van der Waals surface area contributed by atoms with Gasteiger partial charge in [0.1, 0.15) is 0 Å². The van der Waals surface area contributed by atoms with Crippen molar-refractivity contribution in [3.63, 3.8) is 0 Å². The highest BCUT2D eigenvalue weighted by Crippen LogP contribution is 2.08. The molecule has 6 nitrogen and oxygen atoms in total. The summed E-state index contributed by atoms with van der Waals surface area (Å²) < 4.78 is 1.65. The Hall–Kier alpha value is -2.89. The summed E-state index contributed by atoms with van der Waals surface area (Å²) in [6.45, 7) is 0. The summed E-state index contributed by atoms with van der Waals surface area (Å²) in [5.74, 6) is 0.162. The maximum atomic E-state index is 11.9. The standard InChI is InChI=1S/C13H11N5O/c19-12(17-13-14-6-7-15-13)10-8-16-18(9-10)11-4-2-1-3-5-11/h1-9H,(H2,14,15,17,19). The molecule has 1 amide bonds. The lowest BCUT2D eigenvalue weighted by atomic mass is 10.3. The van der Waals surface area contributed by atoms with Gasteiger partial charge in [0.2, 0.25) is 5.95 Å². The molecular weight excluding hydrogens is 242 g/mol. The predicted molar refractivity (Wildman–Crippen MR) is 70.1 cm³/mol. The third-order valence-electron chi connectivity index (χ3n) is 2.60. The molecule has 6 heteroatoms. The van der Waals surface area contributed by atoms with Crippen LogP contribution in [0.3, 0.4) is 0 Å². The average molecular weight is 253 g/mol. The molecule has 2 aromatic heterocycles. The zero-order valence-corrected chi connectivity index (χ0v) is 9.95. The van der Waals surface area contributed by atoms with Crippen LogP contribution in [0.15, 0.2) is 55.1 Å². The topological polar surface area (TPSA) is 75.6 Å². The summed E-state index contributed by atoms with van der Waals surface area (Å²) in [5, 5.41) is 6.81. The molecule has 0 fully saturated rings. The van der Waals surface area contributed by atoms with Crippen LogP contribution in [0.1, 0.15) is 10.4 Å². The fourth-order valence-electron chi connectivity index (χ4n) is 1.68. The fraction of sp³-hybridized carbons (Fsp3) is 0. The first-order valence-electron chi connectivity index (χ1n) is 5.74. The van der Waals surface area contributed by atoms with Crippen LogP contribution in [-0.4, -0.2) is 25.7 Å². The Labute approximate surface area is 109 Å². The van der Waals surface area contributed by atoms with Crippen molar-refractivity contribution in [2.24, 2.45) is 0 Å². The van der Waals surface area contributed by atoms with Crippen LogP contribution < -0.4 is 5.32 Å². The maximum absolute atomic E-state index is 11.9. The molecule has 3 aromatic rings. The maximum Gasteiger partial charge on any atom is 0.261 e. The van der Waals surface area contributed by atoms with Crippen LogP contribution in [0.2, 0.25) is 0 Å². The molecule has 0 saturated carbocycles. The summed E-state index contributed by atoms with van der Waals surface area (Å²) in [6.07, 6.45) is 6.41. The summed E-state index contributed by atoms with van der Waals surface area (Å²) in [6, 6.07) is 9.60. The average Bonchev–Trinajstić information content (AvgIpc) is 3.10. The SMILES string of the molecule is O=C(Nc1ncc[nH]1)c1cnn(-c2ccccc2)c1. The second kappa shape index (κ2) is 4.77. The van der Waals surface area contributed by atoms with Crippen LogP contribution in [0.25, 0.3) is 5.69 Å². The van der Waals surface area contributed by atoms with Crippen LogP contribution in [-0.2, 0) is 0 Å². The molecule has 94 valence electrons. The van der Waals surface area contributed by atoms with Crippen molar-refractivity contribution in [2.75, 3.05) is 5.32 Å². The molecule has 0 bridgehead atoms. The number of aromatic nitrogens is 4. The minimum atomic E-state index is -0.253. The molecule has 0 saturated heterocycles. The van der Waals surface area contributed by atoms with Gasteiger partial charge in [0.15, 0.2) is 0 Å². The number of para-hydroxylation sites is 1. The van der Waals surface area contributed by atoms with E-state index in [-0.39, 0.29) is 5.91 Å². The van der Waals surface area contributed by atoms with Gasteiger partial charge in [-0.15, -0.1) is 0 Å². The minimum Gasteiger partial charge on any atom is -0.331 e. The zero-order valence-electron chi connectivity index (χ0n) is 9.95. The monoisotopic (exact) mass is 253 g/mol. The van der Waals surface area contributed by atoms with Crippen LogP contribution in [0, 0.1) is 0 Å². The summed E-state index contributed by atoms with van der Waals surface area (Å²) in [7, 11) is 0. The lowest BCUT2D eigenvalue weighted by Crippen LogP contribution is -2.12. The van der Waals surface area contributed by atoms with Gasteiger partial charge in [-0.05, 0) is 12.1 Å². The van der Waals surface area contributed by atoms with Crippen molar-refractivity contribution in [1.29, 1.82) is 0 Å². The van der Waals surface area contributed by atoms with Gasteiger partial charge in [0.05, 0.1) is 17.4 Å². The van der Waals surface area contributed by atoms with E-state index in [0.29, 0.717) is 11.5 Å². The van der Waals surface area contributed by atoms with E-state index >= 15 is 0 Å². The highest BCUT2D eigenvalue weighted by Gasteiger charge is 2.10. The number of hydrogen-bond donors (Lipinski definition) is 2. The van der Waals surface area contributed by atoms with Gasteiger partial charge in [0, 0.05) is 18.6 Å². The van der Waals surface area contributed by atoms with E-state index in [2.05, 4.69) is 20.4 Å². The highest BCUT2D eigenvalue weighted by molar-refractivity contribution is 6.03. The normalized spacial score (nSPS) is 10.3. The number of amides is 1. The van der Waals surface area contributed by atoms with E-state index in [1.165, 1.54) is 6.20 Å². The van der Waals surface area contributed by atoms with Crippen molar-refractivity contribution in [2.45, 2.75) is 0 Å².